The molecule has 0 aliphatic carbocycles. The Kier molecular flexibility index (Phi) is 4.60. The van der Waals surface area contributed by atoms with Crippen LogP contribution in [0.1, 0.15) is 23.6 Å². The van der Waals surface area contributed by atoms with Gasteiger partial charge in [0.25, 0.3) is 5.89 Å². The minimum atomic E-state index is -0.540. The molecule has 7 nitrogen and oxygen atoms in total. The number of methoxy groups -OCH3 is 1. The standard InChI is InChI=1S/C20H19N3O4/c1-23-16(24)12-26-18(17(23)13-7-4-3-5-8-13)20-21-19(22-27-20)14-9-6-10-15(11-14)25-2/h3-11,17-18H,12H2,1-2H3/t17-,18-/m1/s1. The van der Waals surface area contributed by atoms with E-state index in [1.54, 1.807) is 19.1 Å². The summed E-state index contributed by atoms with van der Waals surface area (Å²) in [6, 6.07) is 16.8. The van der Waals surface area contributed by atoms with E-state index in [9.17, 15) is 4.79 Å². The normalized spacial score (nSPS) is 19.9. The van der Waals surface area contributed by atoms with Crippen LogP contribution < -0.4 is 4.74 Å². The van der Waals surface area contributed by atoms with Crippen molar-refractivity contribution in [3.63, 3.8) is 0 Å². The van der Waals surface area contributed by atoms with Crippen molar-refractivity contribution in [3.05, 3.63) is 66.1 Å². The third-order valence-corrected chi connectivity index (χ3v) is 4.64. The predicted octanol–water partition coefficient (Wildman–Crippen LogP) is 3.02. The first-order chi connectivity index (χ1) is 13.2. The molecule has 138 valence electrons. The lowest BCUT2D eigenvalue weighted by molar-refractivity contribution is -0.157. The van der Waals surface area contributed by atoms with E-state index < -0.39 is 6.10 Å². The molecule has 1 amide bonds. The summed E-state index contributed by atoms with van der Waals surface area (Å²) in [6.07, 6.45) is -0.540. The molecule has 0 bridgehead atoms. The Morgan fingerprint density at radius 1 is 1.15 bits per heavy atom. The molecule has 2 aromatic carbocycles. The number of likely N-dealkylation sites (N-methyl/N-ethyl adjacent to an activating group) is 1. The Bertz CT molecular complexity index is 941. The van der Waals surface area contributed by atoms with E-state index in [1.807, 2.05) is 54.6 Å². The lowest BCUT2D eigenvalue weighted by atomic mass is 9.98. The molecule has 7 heteroatoms. The Balaban J connectivity index is 1.69. The zero-order valence-electron chi connectivity index (χ0n) is 15.0. The summed E-state index contributed by atoms with van der Waals surface area (Å²) in [5.74, 6) is 1.40. The van der Waals surface area contributed by atoms with Gasteiger partial charge in [-0.2, -0.15) is 4.98 Å². The highest BCUT2D eigenvalue weighted by Gasteiger charge is 2.40. The summed E-state index contributed by atoms with van der Waals surface area (Å²) in [5.41, 5.74) is 1.72. The van der Waals surface area contributed by atoms with Gasteiger partial charge in [-0.3, -0.25) is 4.79 Å². The average Bonchev–Trinajstić information content (AvgIpc) is 3.20. The fourth-order valence-electron chi connectivity index (χ4n) is 3.20. The smallest absolute Gasteiger partial charge is 0.258 e. The maximum atomic E-state index is 12.2. The van der Waals surface area contributed by atoms with Gasteiger partial charge in [-0.1, -0.05) is 47.6 Å². The maximum absolute atomic E-state index is 12.2. The van der Waals surface area contributed by atoms with Crippen molar-refractivity contribution in [1.29, 1.82) is 0 Å². The maximum Gasteiger partial charge on any atom is 0.258 e. The lowest BCUT2D eigenvalue weighted by Gasteiger charge is -2.37. The molecule has 0 N–H and O–H groups in total. The molecule has 4 rings (SSSR count). The second-order valence-corrected chi connectivity index (χ2v) is 6.28. The van der Waals surface area contributed by atoms with Gasteiger partial charge in [-0.15, -0.1) is 0 Å². The van der Waals surface area contributed by atoms with Crippen molar-refractivity contribution in [2.24, 2.45) is 0 Å². The van der Waals surface area contributed by atoms with E-state index >= 15 is 0 Å². The topological polar surface area (TPSA) is 77.7 Å². The molecule has 3 aromatic rings. The minimum absolute atomic E-state index is 0.0264. The third-order valence-electron chi connectivity index (χ3n) is 4.64. The first-order valence-electron chi connectivity index (χ1n) is 8.57. The second-order valence-electron chi connectivity index (χ2n) is 6.28. The van der Waals surface area contributed by atoms with Gasteiger partial charge in [0.05, 0.1) is 13.2 Å². The van der Waals surface area contributed by atoms with E-state index in [0.29, 0.717) is 17.5 Å². The predicted molar refractivity (Wildman–Crippen MR) is 96.9 cm³/mol. The van der Waals surface area contributed by atoms with Crippen LogP contribution in [0, 0.1) is 0 Å². The molecular weight excluding hydrogens is 346 g/mol. The SMILES string of the molecule is COc1cccc(-c2noc([C@@H]3OCC(=O)N(C)[C@@H]3c3ccccc3)n2)c1. The van der Waals surface area contributed by atoms with E-state index in [1.165, 1.54) is 0 Å². The Morgan fingerprint density at radius 3 is 2.74 bits per heavy atom. The number of nitrogens with zero attached hydrogens (tertiary/aromatic N) is 3. The molecule has 0 radical (unpaired) electrons. The van der Waals surface area contributed by atoms with E-state index in [4.69, 9.17) is 14.0 Å². The van der Waals surface area contributed by atoms with Crippen LogP contribution in [-0.2, 0) is 9.53 Å². The fraction of sp³-hybridized carbons (Fsp3) is 0.250. The van der Waals surface area contributed by atoms with Crippen molar-refractivity contribution in [3.8, 4) is 17.1 Å². The number of carbonyl (C=O) groups is 1. The molecule has 1 fully saturated rings. The van der Waals surface area contributed by atoms with Gasteiger partial charge in [0.2, 0.25) is 11.7 Å². The highest BCUT2D eigenvalue weighted by Crippen LogP contribution is 2.39. The quantitative estimate of drug-likeness (QED) is 0.707. The van der Waals surface area contributed by atoms with Gasteiger partial charge in [0.1, 0.15) is 12.4 Å². The number of morpholine rings is 1. The number of carbonyl (C=O) groups excluding carboxylic acids is 1. The summed E-state index contributed by atoms with van der Waals surface area (Å²) in [5, 5.41) is 4.08. The lowest BCUT2D eigenvalue weighted by Crippen LogP contribution is -2.43. The molecule has 1 aliphatic rings. The number of benzene rings is 2. The molecule has 0 unspecified atom stereocenters. The first-order valence-corrected chi connectivity index (χ1v) is 8.57. The minimum Gasteiger partial charge on any atom is -0.497 e. The number of ether oxygens (including phenoxy) is 2. The number of hydrogen-bond donors (Lipinski definition) is 0. The van der Waals surface area contributed by atoms with Crippen LogP contribution in [0.5, 0.6) is 5.75 Å². The van der Waals surface area contributed by atoms with Crippen LogP contribution in [-0.4, -0.2) is 41.7 Å². The van der Waals surface area contributed by atoms with Gasteiger partial charge in [-0.05, 0) is 17.7 Å². The van der Waals surface area contributed by atoms with Gasteiger partial charge in [-0.25, -0.2) is 0 Å². The number of aromatic nitrogens is 2. The van der Waals surface area contributed by atoms with Crippen LogP contribution in [0.25, 0.3) is 11.4 Å². The van der Waals surface area contributed by atoms with Crippen molar-refractivity contribution in [1.82, 2.24) is 15.0 Å². The molecule has 2 atom stereocenters. The van der Waals surface area contributed by atoms with Crippen molar-refractivity contribution >= 4 is 5.91 Å². The third kappa shape index (κ3) is 3.29. The number of rotatable bonds is 4. The van der Waals surface area contributed by atoms with E-state index in [-0.39, 0.29) is 18.6 Å². The summed E-state index contributed by atoms with van der Waals surface area (Å²) < 4.78 is 16.5. The fourth-order valence-corrected chi connectivity index (χ4v) is 3.20. The molecule has 1 aromatic heterocycles. The highest BCUT2D eigenvalue weighted by atomic mass is 16.5. The zero-order chi connectivity index (χ0) is 18.8. The summed E-state index contributed by atoms with van der Waals surface area (Å²) in [6.45, 7) is -0.0264. The Labute approximate surface area is 156 Å². The molecule has 1 saturated heterocycles. The van der Waals surface area contributed by atoms with Crippen LogP contribution in [0.4, 0.5) is 0 Å². The van der Waals surface area contributed by atoms with Crippen LogP contribution in [0.2, 0.25) is 0 Å². The van der Waals surface area contributed by atoms with Gasteiger partial charge in [0, 0.05) is 12.6 Å². The number of hydrogen-bond acceptors (Lipinski definition) is 6. The average molecular weight is 365 g/mol. The molecule has 2 heterocycles. The summed E-state index contributed by atoms with van der Waals surface area (Å²) >= 11 is 0. The molecular formula is C20H19N3O4. The van der Waals surface area contributed by atoms with Crippen LogP contribution >= 0.6 is 0 Å². The van der Waals surface area contributed by atoms with Crippen LogP contribution in [0.15, 0.2) is 59.1 Å². The zero-order valence-corrected chi connectivity index (χ0v) is 15.0. The Hall–Kier alpha value is -3.19. The highest BCUT2D eigenvalue weighted by molar-refractivity contribution is 5.78. The first kappa shape index (κ1) is 17.2. The van der Waals surface area contributed by atoms with Gasteiger partial charge < -0.3 is 18.9 Å². The van der Waals surface area contributed by atoms with Crippen molar-refractivity contribution < 1.29 is 18.8 Å². The largest absolute Gasteiger partial charge is 0.497 e. The Morgan fingerprint density at radius 2 is 1.96 bits per heavy atom. The van der Waals surface area contributed by atoms with Gasteiger partial charge >= 0.3 is 0 Å². The molecule has 27 heavy (non-hydrogen) atoms. The van der Waals surface area contributed by atoms with Crippen molar-refractivity contribution in [2.75, 3.05) is 20.8 Å². The van der Waals surface area contributed by atoms with Gasteiger partial charge in [0.15, 0.2) is 6.10 Å². The molecule has 0 spiro atoms. The van der Waals surface area contributed by atoms with E-state index in [0.717, 1.165) is 11.1 Å². The second kappa shape index (κ2) is 7.20. The summed E-state index contributed by atoms with van der Waals surface area (Å²) in [7, 11) is 3.36. The monoisotopic (exact) mass is 365 g/mol. The number of amides is 1. The van der Waals surface area contributed by atoms with Crippen LogP contribution in [0.3, 0.4) is 0 Å². The molecule has 1 aliphatic heterocycles. The summed E-state index contributed by atoms with van der Waals surface area (Å²) in [4.78, 5) is 18.4. The van der Waals surface area contributed by atoms with Crippen molar-refractivity contribution in [2.45, 2.75) is 12.1 Å². The van der Waals surface area contributed by atoms with E-state index in [2.05, 4.69) is 10.1 Å². The molecule has 0 saturated carbocycles.